The lowest BCUT2D eigenvalue weighted by Gasteiger charge is -2.13. The van der Waals surface area contributed by atoms with Crippen molar-refractivity contribution in [3.8, 4) is 0 Å². The minimum atomic E-state index is -0.225. The van der Waals surface area contributed by atoms with Gasteiger partial charge in [0.15, 0.2) is 0 Å². The van der Waals surface area contributed by atoms with E-state index in [1.807, 2.05) is 12.3 Å². The van der Waals surface area contributed by atoms with Gasteiger partial charge in [0.2, 0.25) is 0 Å². The van der Waals surface area contributed by atoms with E-state index in [9.17, 15) is 0 Å². The van der Waals surface area contributed by atoms with Crippen LogP contribution in [-0.2, 0) is 13.0 Å². The number of aromatic nitrogens is 3. The van der Waals surface area contributed by atoms with Crippen molar-refractivity contribution >= 4 is 11.6 Å². The maximum absolute atomic E-state index is 6.15. The summed E-state index contributed by atoms with van der Waals surface area (Å²) >= 11 is 6.09. The first kappa shape index (κ1) is 13.1. The van der Waals surface area contributed by atoms with Crippen molar-refractivity contribution in [3.63, 3.8) is 0 Å². The van der Waals surface area contributed by atoms with Crippen molar-refractivity contribution in [2.45, 2.75) is 32.4 Å². The first-order valence-corrected chi connectivity index (χ1v) is 6.46. The molecule has 0 spiro atoms. The molecule has 0 aromatic carbocycles. The van der Waals surface area contributed by atoms with Gasteiger partial charge in [-0.2, -0.15) is 0 Å². The van der Waals surface area contributed by atoms with Crippen molar-refractivity contribution in [1.29, 1.82) is 0 Å². The maximum atomic E-state index is 6.15. The molecule has 0 radical (unpaired) electrons. The average Bonchev–Trinajstić information content (AvgIpc) is 2.78. The Hall–Kier alpha value is -1.39. The molecule has 2 aromatic rings. The van der Waals surface area contributed by atoms with E-state index in [0.717, 1.165) is 24.5 Å². The standard InChI is InChI=1S/C13H17ClN4/c1-2-7-18-8-6-16-12(18)9-11(15)13-10(14)4-3-5-17-13/h3-6,8,11H,2,7,9,15H2,1H3. The molecular weight excluding hydrogens is 248 g/mol. The fourth-order valence-corrected chi connectivity index (χ4v) is 2.20. The quantitative estimate of drug-likeness (QED) is 0.903. The molecule has 0 aliphatic heterocycles. The number of nitrogens with zero attached hydrogens (tertiary/aromatic N) is 3. The summed E-state index contributed by atoms with van der Waals surface area (Å²) < 4.78 is 2.12. The number of halogens is 1. The molecule has 0 aliphatic carbocycles. The molecule has 18 heavy (non-hydrogen) atoms. The summed E-state index contributed by atoms with van der Waals surface area (Å²) in [4.78, 5) is 8.58. The summed E-state index contributed by atoms with van der Waals surface area (Å²) in [6, 6.07) is 3.38. The van der Waals surface area contributed by atoms with Gasteiger partial charge in [-0.3, -0.25) is 4.98 Å². The van der Waals surface area contributed by atoms with Gasteiger partial charge in [-0.15, -0.1) is 0 Å². The van der Waals surface area contributed by atoms with Crippen molar-refractivity contribution in [3.05, 3.63) is 47.3 Å². The second kappa shape index (κ2) is 5.98. The van der Waals surface area contributed by atoms with E-state index >= 15 is 0 Å². The van der Waals surface area contributed by atoms with Crippen LogP contribution in [0.25, 0.3) is 0 Å². The van der Waals surface area contributed by atoms with E-state index in [-0.39, 0.29) is 6.04 Å². The van der Waals surface area contributed by atoms with Crippen LogP contribution < -0.4 is 5.73 Å². The molecule has 0 aliphatic rings. The lowest BCUT2D eigenvalue weighted by atomic mass is 10.1. The van der Waals surface area contributed by atoms with Crippen LogP contribution in [0.4, 0.5) is 0 Å². The number of nitrogens with two attached hydrogens (primary N) is 1. The Morgan fingerprint density at radius 1 is 1.39 bits per heavy atom. The van der Waals surface area contributed by atoms with E-state index in [0.29, 0.717) is 11.4 Å². The highest BCUT2D eigenvalue weighted by molar-refractivity contribution is 6.31. The van der Waals surface area contributed by atoms with Crippen LogP contribution in [0.1, 0.15) is 30.9 Å². The normalized spacial score (nSPS) is 12.6. The van der Waals surface area contributed by atoms with Crippen LogP contribution in [0.2, 0.25) is 5.02 Å². The molecule has 2 heterocycles. The van der Waals surface area contributed by atoms with Gasteiger partial charge < -0.3 is 10.3 Å². The Kier molecular flexibility index (Phi) is 4.33. The molecule has 4 nitrogen and oxygen atoms in total. The molecule has 96 valence electrons. The molecular formula is C13H17ClN4. The number of aryl methyl sites for hydroxylation is 1. The lowest BCUT2D eigenvalue weighted by molar-refractivity contribution is 0.592. The summed E-state index contributed by atoms with van der Waals surface area (Å²) in [5, 5.41) is 0.610. The van der Waals surface area contributed by atoms with Crippen molar-refractivity contribution in [1.82, 2.24) is 14.5 Å². The van der Waals surface area contributed by atoms with E-state index in [4.69, 9.17) is 17.3 Å². The van der Waals surface area contributed by atoms with E-state index in [1.54, 1.807) is 18.5 Å². The third-order valence-electron chi connectivity index (χ3n) is 2.81. The van der Waals surface area contributed by atoms with Gasteiger partial charge in [0.1, 0.15) is 5.82 Å². The highest BCUT2D eigenvalue weighted by Gasteiger charge is 2.14. The molecule has 1 unspecified atom stereocenters. The second-order valence-electron chi connectivity index (χ2n) is 4.22. The Morgan fingerprint density at radius 2 is 2.22 bits per heavy atom. The van der Waals surface area contributed by atoms with Gasteiger partial charge >= 0.3 is 0 Å². The molecule has 0 saturated heterocycles. The minimum Gasteiger partial charge on any atom is -0.335 e. The molecule has 2 rings (SSSR count). The fraction of sp³-hybridized carbons (Fsp3) is 0.385. The number of rotatable bonds is 5. The topological polar surface area (TPSA) is 56.7 Å². The minimum absolute atomic E-state index is 0.225. The number of imidazole rings is 1. The maximum Gasteiger partial charge on any atom is 0.110 e. The highest BCUT2D eigenvalue weighted by atomic mass is 35.5. The second-order valence-corrected chi connectivity index (χ2v) is 4.63. The van der Waals surface area contributed by atoms with Crippen LogP contribution in [0.15, 0.2) is 30.7 Å². The Bertz CT molecular complexity index is 509. The summed E-state index contributed by atoms with van der Waals surface area (Å²) in [5.74, 6) is 0.978. The van der Waals surface area contributed by atoms with Gasteiger partial charge in [-0.1, -0.05) is 18.5 Å². The first-order chi connectivity index (χ1) is 8.72. The first-order valence-electron chi connectivity index (χ1n) is 6.08. The summed E-state index contributed by atoms with van der Waals surface area (Å²) in [5.41, 5.74) is 6.88. The van der Waals surface area contributed by atoms with Crippen LogP contribution in [0.5, 0.6) is 0 Å². The van der Waals surface area contributed by atoms with E-state index in [2.05, 4.69) is 21.5 Å². The Balaban J connectivity index is 2.14. The predicted octanol–water partition coefficient (Wildman–Crippen LogP) is 2.58. The van der Waals surface area contributed by atoms with Crippen LogP contribution in [-0.4, -0.2) is 14.5 Å². The lowest BCUT2D eigenvalue weighted by Crippen LogP contribution is -2.18. The number of pyridine rings is 1. The van der Waals surface area contributed by atoms with Gasteiger partial charge in [0.25, 0.3) is 0 Å². The zero-order valence-corrected chi connectivity index (χ0v) is 11.1. The zero-order chi connectivity index (χ0) is 13.0. The Morgan fingerprint density at radius 3 is 2.94 bits per heavy atom. The molecule has 2 aromatic heterocycles. The molecule has 1 atom stereocenters. The summed E-state index contributed by atoms with van der Waals surface area (Å²) in [6.45, 7) is 3.09. The van der Waals surface area contributed by atoms with Crippen LogP contribution in [0.3, 0.4) is 0 Å². The van der Waals surface area contributed by atoms with Crippen LogP contribution in [0, 0.1) is 0 Å². The van der Waals surface area contributed by atoms with E-state index in [1.165, 1.54) is 0 Å². The largest absolute Gasteiger partial charge is 0.335 e. The smallest absolute Gasteiger partial charge is 0.110 e. The van der Waals surface area contributed by atoms with Crippen molar-refractivity contribution in [2.75, 3.05) is 0 Å². The van der Waals surface area contributed by atoms with E-state index < -0.39 is 0 Å². The molecule has 0 bridgehead atoms. The molecule has 0 amide bonds. The van der Waals surface area contributed by atoms with Gasteiger partial charge in [0, 0.05) is 31.6 Å². The SMILES string of the molecule is CCCn1ccnc1CC(N)c1ncccc1Cl. The number of hydrogen-bond acceptors (Lipinski definition) is 3. The Labute approximate surface area is 112 Å². The summed E-state index contributed by atoms with van der Waals surface area (Å²) in [6.07, 6.45) is 7.20. The predicted molar refractivity (Wildman–Crippen MR) is 72.4 cm³/mol. The highest BCUT2D eigenvalue weighted by Crippen LogP contribution is 2.21. The summed E-state index contributed by atoms with van der Waals surface area (Å²) in [7, 11) is 0. The van der Waals surface area contributed by atoms with Gasteiger partial charge in [-0.25, -0.2) is 4.98 Å². The zero-order valence-electron chi connectivity index (χ0n) is 10.4. The van der Waals surface area contributed by atoms with Crippen LogP contribution >= 0.6 is 11.6 Å². The van der Waals surface area contributed by atoms with Crippen molar-refractivity contribution in [2.24, 2.45) is 5.73 Å². The molecule has 5 heteroatoms. The van der Waals surface area contributed by atoms with Crippen molar-refractivity contribution < 1.29 is 0 Å². The molecule has 0 fully saturated rings. The molecule has 2 N–H and O–H groups in total. The van der Waals surface area contributed by atoms with Gasteiger partial charge in [-0.05, 0) is 18.6 Å². The number of hydrogen-bond donors (Lipinski definition) is 1. The molecule has 0 saturated carbocycles. The fourth-order valence-electron chi connectivity index (χ4n) is 1.94. The monoisotopic (exact) mass is 264 g/mol. The third-order valence-corrected chi connectivity index (χ3v) is 3.13. The average molecular weight is 265 g/mol. The third kappa shape index (κ3) is 2.89. The van der Waals surface area contributed by atoms with Gasteiger partial charge in [0.05, 0.1) is 16.8 Å².